The average Bonchev–Trinajstić information content (AvgIpc) is 3.21. The van der Waals surface area contributed by atoms with Gasteiger partial charge in [-0.2, -0.15) is 0 Å². The zero-order valence-corrected chi connectivity index (χ0v) is 21.0. The lowest BCUT2D eigenvalue weighted by Crippen LogP contribution is -2.45. The van der Waals surface area contributed by atoms with Crippen molar-refractivity contribution in [2.24, 2.45) is 0 Å². The summed E-state index contributed by atoms with van der Waals surface area (Å²) in [4.78, 5) is 18.1. The van der Waals surface area contributed by atoms with Gasteiger partial charge in [0.25, 0.3) is 5.91 Å². The highest BCUT2D eigenvalue weighted by molar-refractivity contribution is 6.31. The van der Waals surface area contributed by atoms with Crippen LogP contribution in [-0.4, -0.2) is 42.4 Å². The Balaban J connectivity index is 0.00000274. The highest BCUT2D eigenvalue weighted by Crippen LogP contribution is 2.45. The normalized spacial score (nSPS) is 19.1. The summed E-state index contributed by atoms with van der Waals surface area (Å²) < 4.78 is 13.7. The number of halogens is 3. The molecule has 6 heteroatoms. The third kappa shape index (κ3) is 4.24. The Hall–Kier alpha value is -2.40. The Kier molecular flexibility index (Phi) is 7.04. The Morgan fingerprint density at radius 1 is 1.03 bits per heavy atom. The predicted molar refractivity (Wildman–Crippen MR) is 139 cm³/mol. The number of nitrogens with zero attached hydrogens (tertiary/aromatic N) is 2. The highest BCUT2D eigenvalue weighted by Gasteiger charge is 2.45. The molecule has 5 rings (SSSR count). The number of carbonyl (C=O) groups is 1. The van der Waals surface area contributed by atoms with E-state index in [2.05, 4.69) is 37.1 Å². The zero-order chi connectivity index (χ0) is 23.2. The van der Waals surface area contributed by atoms with E-state index >= 15 is 0 Å². The minimum Gasteiger partial charge on any atom is -0.328 e. The molecule has 2 heterocycles. The molecule has 3 nitrogen and oxygen atoms in total. The van der Waals surface area contributed by atoms with E-state index in [0.29, 0.717) is 11.6 Å². The minimum absolute atomic E-state index is 0. The second-order valence-electron chi connectivity index (χ2n) is 9.36. The standard InChI is InChI=1S/C28H28ClFN2O.ClH/c1-19(25-18-22(29)17-20-5-3-4-6-24(20)25)32-14-11-26(27(32)33)28(12-15-31(2)16-13-28)21-7-9-23(30)10-8-21;/h3-11,17-19H,12-16H2,1-2H3;1H/t19-;/m1./s1. The van der Waals surface area contributed by atoms with Crippen molar-refractivity contribution in [3.05, 3.63) is 94.3 Å². The van der Waals surface area contributed by atoms with Crippen LogP contribution in [0.1, 0.15) is 36.9 Å². The number of fused-ring (bicyclic) bond motifs is 1. The van der Waals surface area contributed by atoms with Gasteiger partial charge in [-0.25, -0.2) is 4.39 Å². The quantitative estimate of drug-likeness (QED) is 0.407. The van der Waals surface area contributed by atoms with Crippen molar-refractivity contribution in [2.75, 3.05) is 26.7 Å². The van der Waals surface area contributed by atoms with Crippen LogP contribution in [0, 0.1) is 5.82 Å². The third-order valence-electron chi connectivity index (χ3n) is 7.51. The molecule has 0 aliphatic carbocycles. The summed E-state index contributed by atoms with van der Waals surface area (Å²) in [5.41, 5.74) is 2.54. The molecule has 1 saturated heterocycles. The van der Waals surface area contributed by atoms with Gasteiger partial charge in [0.15, 0.2) is 0 Å². The Labute approximate surface area is 211 Å². The van der Waals surface area contributed by atoms with Gasteiger partial charge in [-0.1, -0.05) is 54.1 Å². The molecule has 0 aromatic heterocycles. The van der Waals surface area contributed by atoms with Crippen LogP contribution in [0.5, 0.6) is 0 Å². The van der Waals surface area contributed by atoms with Crippen LogP contribution in [0.4, 0.5) is 4.39 Å². The number of amides is 1. The summed E-state index contributed by atoms with van der Waals surface area (Å²) in [6, 6.07) is 18.7. The van der Waals surface area contributed by atoms with Crippen LogP contribution in [0.15, 0.2) is 72.3 Å². The van der Waals surface area contributed by atoms with Crippen molar-refractivity contribution < 1.29 is 9.18 Å². The largest absolute Gasteiger partial charge is 0.328 e. The van der Waals surface area contributed by atoms with Crippen molar-refractivity contribution >= 4 is 40.7 Å². The topological polar surface area (TPSA) is 23.6 Å². The molecule has 178 valence electrons. The molecule has 0 unspecified atom stereocenters. The number of hydrogen-bond donors (Lipinski definition) is 0. The van der Waals surface area contributed by atoms with Crippen LogP contribution in [0.3, 0.4) is 0 Å². The fraction of sp³-hybridized carbons (Fsp3) is 0.321. The minimum atomic E-state index is -0.387. The molecular formula is C28H29Cl2FN2O. The average molecular weight is 499 g/mol. The first-order valence-corrected chi connectivity index (χ1v) is 11.9. The van der Waals surface area contributed by atoms with Crippen LogP contribution in [0.25, 0.3) is 10.8 Å². The third-order valence-corrected chi connectivity index (χ3v) is 7.73. The summed E-state index contributed by atoms with van der Waals surface area (Å²) in [6.45, 7) is 4.44. The van der Waals surface area contributed by atoms with E-state index in [1.807, 2.05) is 41.3 Å². The van der Waals surface area contributed by atoms with Gasteiger partial charge >= 0.3 is 0 Å². The zero-order valence-electron chi connectivity index (χ0n) is 19.4. The van der Waals surface area contributed by atoms with Gasteiger partial charge in [0.2, 0.25) is 0 Å². The summed E-state index contributed by atoms with van der Waals surface area (Å²) >= 11 is 6.44. The van der Waals surface area contributed by atoms with E-state index < -0.39 is 0 Å². The van der Waals surface area contributed by atoms with Gasteiger partial charge in [-0.15, -0.1) is 12.4 Å². The molecule has 0 spiro atoms. The molecule has 1 amide bonds. The molecule has 1 atom stereocenters. The molecule has 3 aromatic rings. The number of piperidine rings is 1. The fourth-order valence-electron chi connectivity index (χ4n) is 5.55. The Morgan fingerprint density at radius 3 is 2.41 bits per heavy atom. The van der Waals surface area contributed by atoms with E-state index in [-0.39, 0.29) is 35.6 Å². The number of carbonyl (C=O) groups excluding carboxylic acids is 1. The molecule has 0 radical (unpaired) electrons. The first kappa shape index (κ1) is 24.7. The number of benzene rings is 3. The lowest BCUT2D eigenvalue weighted by molar-refractivity contribution is -0.128. The molecule has 2 aliphatic rings. The first-order valence-electron chi connectivity index (χ1n) is 11.5. The summed E-state index contributed by atoms with van der Waals surface area (Å²) in [5, 5.41) is 2.86. The Morgan fingerprint density at radius 2 is 1.71 bits per heavy atom. The summed E-state index contributed by atoms with van der Waals surface area (Å²) in [5.74, 6) is -0.183. The van der Waals surface area contributed by atoms with Crippen LogP contribution in [0.2, 0.25) is 5.02 Å². The highest BCUT2D eigenvalue weighted by atomic mass is 35.5. The van der Waals surface area contributed by atoms with E-state index in [9.17, 15) is 9.18 Å². The van der Waals surface area contributed by atoms with E-state index in [4.69, 9.17) is 11.6 Å². The van der Waals surface area contributed by atoms with Gasteiger partial charge in [-0.05, 0) is 86.1 Å². The monoisotopic (exact) mass is 498 g/mol. The van der Waals surface area contributed by atoms with Gasteiger partial charge in [0, 0.05) is 22.6 Å². The molecule has 2 aliphatic heterocycles. The van der Waals surface area contributed by atoms with Gasteiger partial charge < -0.3 is 9.80 Å². The van der Waals surface area contributed by atoms with Crippen molar-refractivity contribution in [3.63, 3.8) is 0 Å². The second kappa shape index (κ2) is 9.69. The van der Waals surface area contributed by atoms with Crippen LogP contribution >= 0.6 is 24.0 Å². The van der Waals surface area contributed by atoms with Gasteiger partial charge in [0.05, 0.1) is 6.04 Å². The maximum atomic E-state index is 13.9. The fourth-order valence-corrected chi connectivity index (χ4v) is 5.78. The van der Waals surface area contributed by atoms with E-state index in [1.165, 1.54) is 12.1 Å². The van der Waals surface area contributed by atoms with Crippen molar-refractivity contribution in [3.8, 4) is 0 Å². The molecule has 1 fully saturated rings. The maximum Gasteiger partial charge on any atom is 0.251 e. The molecule has 34 heavy (non-hydrogen) atoms. The lowest BCUT2D eigenvalue weighted by Gasteiger charge is -2.42. The number of rotatable bonds is 4. The number of hydrogen-bond acceptors (Lipinski definition) is 2. The van der Waals surface area contributed by atoms with Crippen LogP contribution < -0.4 is 0 Å². The number of likely N-dealkylation sites (tertiary alicyclic amines) is 1. The molecule has 0 bridgehead atoms. The summed E-state index contributed by atoms with van der Waals surface area (Å²) in [6.07, 6.45) is 3.78. The molecule has 3 aromatic carbocycles. The lowest BCUT2D eigenvalue weighted by atomic mass is 9.67. The van der Waals surface area contributed by atoms with E-state index in [0.717, 1.165) is 53.4 Å². The smallest absolute Gasteiger partial charge is 0.251 e. The second-order valence-corrected chi connectivity index (χ2v) is 9.80. The van der Waals surface area contributed by atoms with E-state index in [1.54, 1.807) is 0 Å². The van der Waals surface area contributed by atoms with Crippen molar-refractivity contribution in [1.29, 1.82) is 0 Å². The predicted octanol–water partition coefficient (Wildman–Crippen LogP) is 6.55. The SMILES string of the molecule is C[C@H](c1cc(Cl)cc2ccccc12)N1CC=C(C2(c3ccc(F)cc3)CCN(C)CC2)C1=O.Cl. The maximum absolute atomic E-state index is 13.9. The summed E-state index contributed by atoms with van der Waals surface area (Å²) in [7, 11) is 2.11. The molecule has 0 saturated carbocycles. The van der Waals surface area contributed by atoms with Gasteiger partial charge in [0.1, 0.15) is 5.82 Å². The van der Waals surface area contributed by atoms with Crippen molar-refractivity contribution in [2.45, 2.75) is 31.2 Å². The first-order chi connectivity index (χ1) is 15.9. The Bertz CT molecular complexity index is 1230. The van der Waals surface area contributed by atoms with Gasteiger partial charge in [-0.3, -0.25) is 4.79 Å². The van der Waals surface area contributed by atoms with Crippen LogP contribution in [-0.2, 0) is 10.2 Å². The van der Waals surface area contributed by atoms with Crippen molar-refractivity contribution in [1.82, 2.24) is 9.80 Å². The molecule has 0 N–H and O–H groups in total. The molecular weight excluding hydrogens is 470 g/mol.